The lowest BCUT2D eigenvalue weighted by Gasteiger charge is -2.28. The molecule has 0 fully saturated rings. The third kappa shape index (κ3) is 4.70. The number of nitrogens with zero attached hydrogens (tertiary/aromatic N) is 2. The molecule has 0 aliphatic rings. The first kappa shape index (κ1) is 17.4. The van der Waals surface area contributed by atoms with Crippen LogP contribution in [0.4, 0.5) is 0 Å². The van der Waals surface area contributed by atoms with E-state index < -0.39 is 8.80 Å². The van der Waals surface area contributed by atoms with Gasteiger partial charge >= 0.3 is 8.80 Å². The van der Waals surface area contributed by atoms with Crippen LogP contribution in [0, 0.1) is 0 Å². The van der Waals surface area contributed by atoms with E-state index in [1.54, 1.807) is 0 Å². The zero-order valence-corrected chi connectivity index (χ0v) is 14.4. The van der Waals surface area contributed by atoms with Crippen LogP contribution in [0.3, 0.4) is 0 Å². The molecule has 0 bridgehead atoms. The zero-order valence-electron chi connectivity index (χ0n) is 13.4. The summed E-state index contributed by atoms with van der Waals surface area (Å²) in [5.41, 5.74) is 0. The lowest BCUT2D eigenvalue weighted by molar-refractivity contribution is 0.0712. The maximum Gasteiger partial charge on any atom is 0.501 e. The van der Waals surface area contributed by atoms with Crippen molar-refractivity contribution in [1.82, 2.24) is 9.55 Å². The molecule has 116 valence electrons. The van der Waals surface area contributed by atoms with Gasteiger partial charge in [-0.2, -0.15) is 0 Å². The van der Waals surface area contributed by atoms with E-state index in [0.29, 0.717) is 25.9 Å². The van der Waals surface area contributed by atoms with Gasteiger partial charge in [0.05, 0.1) is 0 Å². The second-order valence-electron chi connectivity index (χ2n) is 4.83. The van der Waals surface area contributed by atoms with E-state index >= 15 is 0 Å². The number of hydrogen-bond donors (Lipinski definition) is 0. The van der Waals surface area contributed by atoms with Crippen LogP contribution in [-0.4, -0.2) is 38.2 Å². The highest BCUT2D eigenvalue weighted by atomic mass is 28.4. The maximum absolute atomic E-state index is 5.87. The summed E-state index contributed by atoms with van der Waals surface area (Å²) < 4.78 is 19.8. The predicted molar refractivity (Wildman–Crippen MR) is 81.8 cm³/mol. The monoisotopic (exact) mass is 300 g/mol. The Bertz CT molecular complexity index is 365. The van der Waals surface area contributed by atoms with Gasteiger partial charge in [0.2, 0.25) is 0 Å². The minimum absolute atomic E-state index is 0.412. The lowest BCUT2D eigenvalue weighted by atomic mass is 10.3. The van der Waals surface area contributed by atoms with Crippen molar-refractivity contribution >= 4 is 8.80 Å². The van der Waals surface area contributed by atoms with Crippen molar-refractivity contribution < 1.29 is 13.3 Å². The Morgan fingerprint density at radius 2 is 1.65 bits per heavy atom. The first-order valence-electron chi connectivity index (χ1n) is 7.52. The summed E-state index contributed by atoms with van der Waals surface area (Å²) in [6, 6.07) is 1.18. The fourth-order valence-corrected chi connectivity index (χ4v) is 4.81. The van der Waals surface area contributed by atoms with Crippen molar-refractivity contribution in [3.8, 4) is 0 Å². The van der Waals surface area contributed by atoms with E-state index in [0.717, 1.165) is 18.3 Å². The molecule has 0 radical (unpaired) electrons. The topological polar surface area (TPSA) is 45.5 Å². The minimum atomic E-state index is -2.56. The van der Waals surface area contributed by atoms with Gasteiger partial charge in [0.1, 0.15) is 5.82 Å². The average Bonchev–Trinajstić information content (AvgIpc) is 2.86. The molecule has 0 N–H and O–H groups in total. The van der Waals surface area contributed by atoms with Crippen LogP contribution in [0.15, 0.2) is 12.4 Å². The molecule has 5 nitrogen and oxygen atoms in total. The standard InChI is InChI=1S/C14H28N2O3Si/c1-6-17-20(18-7-2,19-8-3)12-9-14-15-10-11-16(14)13(4)5/h10-11,13H,6-9,12H2,1-5H3. The molecule has 0 spiro atoms. The number of aryl methyl sites for hydroxylation is 1. The van der Waals surface area contributed by atoms with Gasteiger partial charge in [-0.3, -0.25) is 0 Å². The van der Waals surface area contributed by atoms with Crippen molar-refractivity contribution in [2.45, 2.75) is 53.1 Å². The molecule has 1 heterocycles. The van der Waals surface area contributed by atoms with Crippen molar-refractivity contribution in [1.29, 1.82) is 0 Å². The van der Waals surface area contributed by atoms with E-state index in [2.05, 4.69) is 23.4 Å². The summed E-state index contributed by atoms with van der Waals surface area (Å²) >= 11 is 0. The SMILES string of the molecule is CCO[Si](CCc1nccn1C(C)C)(OCC)OCC. The van der Waals surface area contributed by atoms with Gasteiger partial charge in [-0.1, -0.05) is 0 Å². The third-order valence-corrected chi connectivity index (χ3v) is 6.10. The predicted octanol–water partition coefficient (Wildman–Crippen LogP) is 3.05. The van der Waals surface area contributed by atoms with Crippen LogP contribution in [-0.2, 0) is 19.7 Å². The van der Waals surface area contributed by atoms with Crippen LogP contribution in [0.1, 0.15) is 46.5 Å². The highest BCUT2D eigenvalue weighted by molar-refractivity contribution is 6.60. The van der Waals surface area contributed by atoms with Crippen molar-refractivity contribution in [3.63, 3.8) is 0 Å². The van der Waals surface area contributed by atoms with E-state index in [1.165, 1.54) is 0 Å². The summed E-state index contributed by atoms with van der Waals surface area (Å²) in [5.74, 6) is 1.07. The van der Waals surface area contributed by atoms with Gasteiger partial charge in [0.15, 0.2) is 0 Å². The molecule has 0 saturated heterocycles. The summed E-state index contributed by atoms with van der Waals surface area (Å²) in [7, 11) is -2.56. The maximum atomic E-state index is 5.87. The summed E-state index contributed by atoms with van der Waals surface area (Å²) in [6.45, 7) is 12.1. The second-order valence-corrected chi connectivity index (χ2v) is 7.56. The van der Waals surface area contributed by atoms with Crippen molar-refractivity contribution in [2.24, 2.45) is 0 Å². The molecule has 1 rings (SSSR count). The fraction of sp³-hybridized carbons (Fsp3) is 0.786. The van der Waals surface area contributed by atoms with E-state index in [9.17, 15) is 0 Å². The molecule has 0 amide bonds. The first-order chi connectivity index (χ1) is 9.58. The van der Waals surface area contributed by atoms with Gasteiger partial charge in [-0.25, -0.2) is 4.98 Å². The number of imidazole rings is 1. The van der Waals surface area contributed by atoms with Gasteiger partial charge in [0, 0.05) is 50.7 Å². The summed E-state index contributed by atoms with van der Waals surface area (Å²) in [4.78, 5) is 4.44. The van der Waals surface area contributed by atoms with E-state index in [-0.39, 0.29) is 0 Å². The fourth-order valence-electron chi connectivity index (χ4n) is 2.27. The number of rotatable bonds is 10. The third-order valence-electron chi connectivity index (χ3n) is 3.05. The Morgan fingerprint density at radius 3 is 2.10 bits per heavy atom. The van der Waals surface area contributed by atoms with Gasteiger partial charge in [-0.15, -0.1) is 0 Å². The molecular formula is C14H28N2O3Si. The molecule has 0 aliphatic heterocycles. The lowest BCUT2D eigenvalue weighted by Crippen LogP contribution is -2.46. The van der Waals surface area contributed by atoms with Gasteiger partial charge in [0.25, 0.3) is 0 Å². The molecule has 0 atom stereocenters. The Kier molecular flexibility index (Phi) is 7.43. The smallest absolute Gasteiger partial charge is 0.374 e. The molecule has 0 unspecified atom stereocenters. The Hall–Kier alpha value is -0.693. The molecule has 0 aromatic carbocycles. The normalized spacial score (nSPS) is 12.3. The van der Waals surface area contributed by atoms with Gasteiger partial charge < -0.3 is 17.8 Å². The molecule has 1 aromatic heterocycles. The minimum Gasteiger partial charge on any atom is -0.374 e. The Morgan fingerprint density at radius 1 is 1.10 bits per heavy atom. The highest BCUT2D eigenvalue weighted by Crippen LogP contribution is 2.20. The van der Waals surface area contributed by atoms with E-state index in [1.807, 2.05) is 33.2 Å². The van der Waals surface area contributed by atoms with Crippen LogP contribution in [0.25, 0.3) is 0 Å². The molecule has 1 aromatic rings. The van der Waals surface area contributed by atoms with Crippen molar-refractivity contribution in [3.05, 3.63) is 18.2 Å². The van der Waals surface area contributed by atoms with Crippen LogP contribution >= 0.6 is 0 Å². The van der Waals surface area contributed by atoms with Gasteiger partial charge in [-0.05, 0) is 34.6 Å². The Balaban J connectivity index is 2.76. The average molecular weight is 300 g/mol. The van der Waals surface area contributed by atoms with Crippen LogP contribution in [0.5, 0.6) is 0 Å². The largest absolute Gasteiger partial charge is 0.501 e. The first-order valence-corrected chi connectivity index (χ1v) is 9.45. The molecule has 0 saturated carbocycles. The number of aromatic nitrogens is 2. The number of hydrogen-bond acceptors (Lipinski definition) is 4. The Labute approximate surface area is 123 Å². The van der Waals surface area contributed by atoms with E-state index in [4.69, 9.17) is 13.3 Å². The molecular weight excluding hydrogens is 272 g/mol. The molecule has 20 heavy (non-hydrogen) atoms. The summed E-state index contributed by atoms with van der Waals surface area (Å²) in [5, 5.41) is 0. The highest BCUT2D eigenvalue weighted by Gasteiger charge is 2.40. The summed E-state index contributed by atoms with van der Waals surface area (Å²) in [6.07, 6.45) is 4.68. The van der Waals surface area contributed by atoms with Crippen LogP contribution < -0.4 is 0 Å². The van der Waals surface area contributed by atoms with Crippen molar-refractivity contribution in [2.75, 3.05) is 19.8 Å². The van der Waals surface area contributed by atoms with Crippen LogP contribution in [0.2, 0.25) is 6.04 Å². The molecule has 0 aliphatic carbocycles. The zero-order chi connectivity index (χ0) is 15.0. The second kappa shape index (κ2) is 8.56. The quantitative estimate of drug-likeness (QED) is 0.623. The molecule has 6 heteroatoms.